The molecule has 0 bridgehead atoms. The highest BCUT2D eigenvalue weighted by Gasteiger charge is 2.16. The summed E-state index contributed by atoms with van der Waals surface area (Å²) in [6.07, 6.45) is 3.79. The highest BCUT2D eigenvalue weighted by molar-refractivity contribution is 9.10. The summed E-state index contributed by atoms with van der Waals surface area (Å²) in [5.41, 5.74) is 1.44. The largest absolute Gasteiger partial charge is 0.383 e. The van der Waals surface area contributed by atoms with E-state index in [-0.39, 0.29) is 0 Å². The van der Waals surface area contributed by atoms with Crippen molar-refractivity contribution in [3.8, 4) is 0 Å². The van der Waals surface area contributed by atoms with Crippen molar-refractivity contribution in [3.05, 3.63) is 34.3 Å². The van der Waals surface area contributed by atoms with E-state index in [1.54, 1.807) is 7.11 Å². The molecule has 0 aromatic heterocycles. The van der Waals surface area contributed by atoms with Crippen LogP contribution >= 0.6 is 15.9 Å². The van der Waals surface area contributed by atoms with Gasteiger partial charge in [-0.15, -0.1) is 0 Å². The molecule has 20 heavy (non-hydrogen) atoms. The first-order valence-corrected chi connectivity index (χ1v) is 8.45. The lowest BCUT2D eigenvalue weighted by Gasteiger charge is -2.23. The number of ether oxygens (including phenoxy) is 1. The minimum atomic E-state index is 0.588. The summed E-state index contributed by atoms with van der Waals surface area (Å²) in [5, 5.41) is 3.52. The van der Waals surface area contributed by atoms with Crippen LogP contribution in [0, 0.1) is 5.92 Å². The van der Waals surface area contributed by atoms with Crippen molar-refractivity contribution in [3.63, 3.8) is 0 Å². The smallest absolute Gasteiger partial charge is 0.0587 e. The van der Waals surface area contributed by atoms with Crippen LogP contribution in [0.4, 0.5) is 0 Å². The van der Waals surface area contributed by atoms with Crippen molar-refractivity contribution in [2.24, 2.45) is 5.92 Å². The van der Waals surface area contributed by atoms with Crippen molar-refractivity contribution >= 4 is 15.9 Å². The van der Waals surface area contributed by atoms with E-state index in [9.17, 15) is 0 Å². The molecule has 3 heteroatoms. The number of nitrogens with one attached hydrogen (secondary N) is 1. The third kappa shape index (κ3) is 6.38. The summed E-state index contributed by atoms with van der Waals surface area (Å²) in [6.45, 7) is 7.32. The Morgan fingerprint density at radius 2 is 1.80 bits per heavy atom. The molecular weight excluding hydrogens is 314 g/mol. The molecule has 1 atom stereocenters. The molecule has 0 spiro atoms. The average Bonchev–Trinajstić information content (AvgIpc) is 2.48. The predicted octanol–water partition coefficient (Wildman–Crippen LogP) is 4.60. The van der Waals surface area contributed by atoms with Crippen LogP contribution in [0.3, 0.4) is 0 Å². The van der Waals surface area contributed by atoms with Crippen LogP contribution in [-0.2, 0) is 4.74 Å². The molecular formula is C17H28BrNO. The molecule has 0 aliphatic heterocycles. The molecule has 1 aromatic rings. The topological polar surface area (TPSA) is 21.3 Å². The van der Waals surface area contributed by atoms with Gasteiger partial charge in [0.25, 0.3) is 0 Å². The average molecular weight is 342 g/mol. The normalized spacial score (nSPS) is 12.8. The Morgan fingerprint density at radius 3 is 2.35 bits per heavy atom. The number of benzene rings is 1. The molecule has 2 nitrogen and oxygen atoms in total. The fraction of sp³-hybridized carbons (Fsp3) is 0.647. The van der Waals surface area contributed by atoms with Gasteiger partial charge in [-0.25, -0.2) is 0 Å². The van der Waals surface area contributed by atoms with Gasteiger partial charge in [0.05, 0.1) is 6.61 Å². The molecule has 1 rings (SSSR count). The summed E-state index contributed by atoms with van der Waals surface area (Å²) in [6, 6.07) is 8.78. The Morgan fingerprint density at radius 1 is 1.15 bits per heavy atom. The van der Waals surface area contributed by atoms with Crippen molar-refractivity contribution in [2.75, 3.05) is 26.8 Å². The van der Waals surface area contributed by atoms with E-state index < -0.39 is 0 Å². The standard InChI is InChI=1S/C17H28BrNO/c1-4-14(5-2)12-16(13-19-10-11-20-3)15-6-8-17(18)9-7-15/h6-9,14,16,19H,4-5,10-13H2,1-3H3. The summed E-state index contributed by atoms with van der Waals surface area (Å²) >= 11 is 3.51. The van der Waals surface area contributed by atoms with Crippen LogP contribution in [0.2, 0.25) is 0 Å². The summed E-state index contributed by atoms with van der Waals surface area (Å²) in [5.74, 6) is 1.40. The van der Waals surface area contributed by atoms with Gasteiger partial charge in [-0.05, 0) is 36.0 Å². The molecule has 1 N–H and O–H groups in total. The molecule has 0 radical (unpaired) electrons. The highest BCUT2D eigenvalue weighted by atomic mass is 79.9. The van der Waals surface area contributed by atoms with Gasteiger partial charge in [-0.3, -0.25) is 0 Å². The van der Waals surface area contributed by atoms with E-state index in [4.69, 9.17) is 4.74 Å². The van der Waals surface area contributed by atoms with E-state index in [1.165, 1.54) is 24.8 Å². The molecule has 1 aromatic carbocycles. The van der Waals surface area contributed by atoms with Crippen LogP contribution < -0.4 is 5.32 Å². The number of hydrogen-bond donors (Lipinski definition) is 1. The van der Waals surface area contributed by atoms with Crippen LogP contribution in [-0.4, -0.2) is 26.8 Å². The quantitative estimate of drug-likeness (QED) is 0.628. The number of halogens is 1. The monoisotopic (exact) mass is 341 g/mol. The Labute approximate surface area is 132 Å². The molecule has 0 aliphatic carbocycles. The van der Waals surface area contributed by atoms with Gasteiger partial charge in [0.2, 0.25) is 0 Å². The number of rotatable bonds is 10. The van der Waals surface area contributed by atoms with Crippen molar-refractivity contribution in [1.82, 2.24) is 5.32 Å². The molecule has 114 valence electrons. The molecule has 0 saturated carbocycles. The zero-order chi connectivity index (χ0) is 14.8. The lowest BCUT2D eigenvalue weighted by molar-refractivity contribution is 0.198. The van der Waals surface area contributed by atoms with Gasteiger partial charge < -0.3 is 10.1 Å². The third-order valence-corrected chi connectivity index (χ3v) is 4.52. The summed E-state index contributed by atoms with van der Waals surface area (Å²) in [4.78, 5) is 0. The summed E-state index contributed by atoms with van der Waals surface area (Å²) in [7, 11) is 1.75. The zero-order valence-electron chi connectivity index (χ0n) is 13.0. The van der Waals surface area contributed by atoms with Gasteiger partial charge in [0.1, 0.15) is 0 Å². The Bertz CT molecular complexity index is 349. The Hall–Kier alpha value is -0.380. The molecule has 1 unspecified atom stereocenters. The summed E-state index contributed by atoms with van der Waals surface area (Å²) < 4.78 is 6.25. The number of methoxy groups -OCH3 is 1. The second-order valence-electron chi connectivity index (χ2n) is 5.36. The van der Waals surface area contributed by atoms with Crippen LogP contribution in [0.5, 0.6) is 0 Å². The van der Waals surface area contributed by atoms with E-state index in [0.29, 0.717) is 5.92 Å². The Kier molecular flexibility index (Phi) is 9.16. The van der Waals surface area contributed by atoms with Crippen molar-refractivity contribution < 1.29 is 4.74 Å². The van der Waals surface area contributed by atoms with Crippen LogP contribution in [0.15, 0.2) is 28.7 Å². The van der Waals surface area contributed by atoms with E-state index in [1.807, 2.05) is 0 Å². The van der Waals surface area contributed by atoms with E-state index in [0.717, 1.165) is 30.1 Å². The van der Waals surface area contributed by atoms with Gasteiger partial charge in [0.15, 0.2) is 0 Å². The van der Waals surface area contributed by atoms with Crippen molar-refractivity contribution in [1.29, 1.82) is 0 Å². The molecule has 0 amide bonds. The minimum absolute atomic E-state index is 0.588. The van der Waals surface area contributed by atoms with E-state index in [2.05, 4.69) is 59.4 Å². The molecule has 0 fully saturated rings. The van der Waals surface area contributed by atoms with Gasteiger partial charge in [0, 0.05) is 24.7 Å². The first-order chi connectivity index (χ1) is 9.71. The lowest BCUT2D eigenvalue weighted by Crippen LogP contribution is -2.26. The van der Waals surface area contributed by atoms with Crippen LogP contribution in [0.1, 0.15) is 44.6 Å². The maximum Gasteiger partial charge on any atom is 0.0587 e. The van der Waals surface area contributed by atoms with Gasteiger partial charge >= 0.3 is 0 Å². The lowest BCUT2D eigenvalue weighted by atomic mass is 9.86. The second kappa shape index (κ2) is 10.4. The Balaban J connectivity index is 2.64. The van der Waals surface area contributed by atoms with E-state index >= 15 is 0 Å². The maximum atomic E-state index is 5.10. The number of hydrogen-bond acceptors (Lipinski definition) is 2. The fourth-order valence-corrected chi connectivity index (χ4v) is 2.81. The van der Waals surface area contributed by atoms with Gasteiger partial charge in [-0.1, -0.05) is 54.8 Å². The zero-order valence-corrected chi connectivity index (χ0v) is 14.6. The first kappa shape index (κ1) is 17.7. The fourth-order valence-electron chi connectivity index (χ4n) is 2.55. The second-order valence-corrected chi connectivity index (χ2v) is 6.28. The highest BCUT2D eigenvalue weighted by Crippen LogP contribution is 2.27. The van der Waals surface area contributed by atoms with Crippen LogP contribution in [0.25, 0.3) is 0 Å². The van der Waals surface area contributed by atoms with Gasteiger partial charge in [-0.2, -0.15) is 0 Å². The predicted molar refractivity (Wildman–Crippen MR) is 90.3 cm³/mol. The SMILES string of the molecule is CCC(CC)CC(CNCCOC)c1ccc(Br)cc1. The molecule has 0 aliphatic rings. The van der Waals surface area contributed by atoms with Crippen molar-refractivity contribution in [2.45, 2.75) is 39.0 Å². The molecule has 0 saturated heterocycles. The first-order valence-electron chi connectivity index (χ1n) is 7.66. The maximum absolute atomic E-state index is 5.10. The minimum Gasteiger partial charge on any atom is -0.383 e. The third-order valence-electron chi connectivity index (χ3n) is 3.99. The molecule has 0 heterocycles.